The number of thiophene rings is 1. The Morgan fingerprint density at radius 3 is 2.39 bits per heavy atom. The van der Waals surface area contributed by atoms with Gasteiger partial charge in [-0.15, -0.1) is 0 Å². The average molecular weight is 377 g/mol. The summed E-state index contributed by atoms with van der Waals surface area (Å²) in [6.45, 7) is 2.19. The van der Waals surface area contributed by atoms with Gasteiger partial charge in [-0.2, -0.15) is 0 Å². The molecule has 0 radical (unpaired) electrons. The summed E-state index contributed by atoms with van der Waals surface area (Å²) in [5.41, 5.74) is 1.37. The molecule has 5 aromatic rings. The zero-order chi connectivity index (χ0) is 15.4. The molecule has 0 saturated heterocycles. The van der Waals surface area contributed by atoms with Gasteiger partial charge in [0, 0.05) is 0 Å². The Bertz CT molecular complexity index is 1090. The van der Waals surface area contributed by atoms with Crippen LogP contribution in [0.5, 0.6) is 0 Å². The second kappa shape index (κ2) is 5.07. The van der Waals surface area contributed by atoms with E-state index in [0.29, 0.717) is 14.5 Å². The molecule has 0 aliphatic heterocycles. The summed E-state index contributed by atoms with van der Waals surface area (Å²) in [6.07, 6.45) is 0. The molecule has 0 atom stereocenters. The summed E-state index contributed by atoms with van der Waals surface area (Å²) in [5, 5.41) is 5.51. The Morgan fingerprint density at radius 1 is 0.739 bits per heavy atom. The van der Waals surface area contributed by atoms with Crippen LogP contribution in [-0.4, -0.2) is 14.5 Å². The fourth-order valence-electron chi connectivity index (χ4n) is 3.20. The van der Waals surface area contributed by atoms with E-state index in [1.807, 2.05) is 11.3 Å². The first-order valence-corrected chi connectivity index (χ1v) is 10.2. The van der Waals surface area contributed by atoms with Crippen molar-refractivity contribution in [1.82, 2.24) is 0 Å². The third-order valence-electron chi connectivity index (χ3n) is 4.29. The molecule has 0 aliphatic carbocycles. The summed E-state index contributed by atoms with van der Waals surface area (Å²) < 4.78 is 4.40. The van der Waals surface area contributed by atoms with Crippen molar-refractivity contribution in [3.8, 4) is 10.0 Å². The molecule has 5 rings (SSSR count). The monoisotopic (exact) mass is 378 g/mol. The van der Waals surface area contributed by atoms with E-state index in [4.69, 9.17) is 0 Å². The fraction of sp³-hybridized carbons (Fsp3) is 0.0476. The molecule has 23 heavy (non-hydrogen) atoms. The van der Waals surface area contributed by atoms with E-state index in [1.54, 1.807) is 0 Å². The van der Waals surface area contributed by atoms with Gasteiger partial charge in [-0.3, -0.25) is 0 Å². The predicted octanol–water partition coefficient (Wildman–Crippen LogP) is 6.24. The van der Waals surface area contributed by atoms with Crippen molar-refractivity contribution in [2.24, 2.45) is 0 Å². The quantitative estimate of drug-likeness (QED) is 0.303. The maximum absolute atomic E-state index is 2.41. The number of aryl methyl sites for hydroxylation is 1. The number of hydrogen-bond donors (Lipinski definition) is 0. The SMILES string of the molecule is Cc1cc2cc3cc4cc(-c5ccccc5)[se]c4cc3cc2s1. The molecule has 2 aromatic heterocycles. The molecule has 2 heteroatoms. The summed E-state index contributed by atoms with van der Waals surface area (Å²) in [6, 6.07) is 24.9. The Labute approximate surface area is 144 Å². The molecule has 0 nitrogen and oxygen atoms in total. The van der Waals surface area contributed by atoms with Gasteiger partial charge in [0.1, 0.15) is 0 Å². The van der Waals surface area contributed by atoms with Crippen LogP contribution in [-0.2, 0) is 0 Å². The summed E-state index contributed by atoms with van der Waals surface area (Å²) in [5.74, 6) is 0. The van der Waals surface area contributed by atoms with E-state index < -0.39 is 0 Å². The van der Waals surface area contributed by atoms with Crippen molar-refractivity contribution >= 4 is 56.3 Å². The van der Waals surface area contributed by atoms with E-state index in [0.717, 1.165) is 0 Å². The average Bonchev–Trinajstić information content (AvgIpc) is 3.12. The number of fused-ring (bicyclic) bond motifs is 3. The van der Waals surface area contributed by atoms with Gasteiger partial charge in [0.2, 0.25) is 0 Å². The second-order valence-electron chi connectivity index (χ2n) is 5.96. The van der Waals surface area contributed by atoms with E-state index in [1.165, 1.54) is 45.4 Å². The number of hydrogen-bond acceptors (Lipinski definition) is 1. The van der Waals surface area contributed by atoms with Crippen LogP contribution in [0.2, 0.25) is 0 Å². The maximum atomic E-state index is 2.41. The molecule has 3 aromatic carbocycles. The molecular weight excluding hydrogens is 363 g/mol. The third kappa shape index (κ3) is 2.26. The molecule has 0 saturated carbocycles. The van der Waals surface area contributed by atoms with Crippen LogP contribution in [0.25, 0.3) is 40.5 Å². The van der Waals surface area contributed by atoms with Gasteiger partial charge in [0.15, 0.2) is 0 Å². The Morgan fingerprint density at radius 2 is 1.52 bits per heavy atom. The zero-order valence-electron chi connectivity index (χ0n) is 12.7. The molecule has 0 bridgehead atoms. The normalized spacial score (nSPS) is 11.7. The molecule has 0 fully saturated rings. The topological polar surface area (TPSA) is 0 Å². The van der Waals surface area contributed by atoms with Crippen LogP contribution >= 0.6 is 11.3 Å². The minimum absolute atomic E-state index is 0.408. The summed E-state index contributed by atoms with van der Waals surface area (Å²) in [7, 11) is 0. The molecule has 2 heterocycles. The number of rotatable bonds is 1. The van der Waals surface area contributed by atoms with Crippen LogP contribution in [0.4, 0.5) is 0 Å². The van der Waals surface area contributed by atoms with Crippen molar-refractivity contribution in [1.29, 1.82) is 0 Å². The van der Waals surface area contributed by atoms with Crippen LogP contribution in [0.3, 0.4) is 0 Å². The third-order valence-corrected chi connectivity index (χ3v) is 7.71. The van der Waals surface area contributed by atoms with Gasteiger partial charge < -0.3 is 0 Å². The first kappa shape index (κ1) is 13.6. The standard InChI is InChI=1S/C21H14SSe/c1-13-7-17-8-15-9-18-12-20(14-5-3-2-4-6-14)23-21(18)11-16(15)10-19(17)22-13/h2-12H,1H3. The van der Waals surface area contributed by atoms with Crippen LogP contribution in [0.15, 0.2) is 66.7 Å². The van der Waals surface area contributed by atoms with Gasteiger partial charge >= 0.3 is 145 Å². The van der Waals surface area contributed by atoms with Crippen molar-refractivity contribution < 1.29 is 0 Å². The Kier molecular flexibility index (Phi) is 2.99. The zero-order valence-corrected chi connectivity index (χ0v) is 15.2. The Hall–Kier alpha value is -1.86. The van der Waals surface area contributed by atoms with E-state index in [9.17, 15) is 0 Å². The minimum atomic E-state index is 0.408. The van der Waals surface area contributed by atoms with Crippen molar-refractivity contribution in [3.05, 3.63) is 71.6 Å². The van der Waals surface area contributed by atoms with Crippen molar-refractivity contribution in [3.63, 3.8) is 0 Å². The second-order valence-corrected chi connectivity index (χ2v) is 9.52. The molecule has 0 N–H and O–H groups in total. The van der Waals surface area contributed by atoms with Gasteiger partial charge in [0.05, 0.1) is 0 Å². The van der Waals surface area contributed by atoms with E-state index >= 15 is 0 Å². The van der Waals surface area contributed by atoms with Crippen molar-refractivity contribution in [2.75, 3.05) is 0 Å². The first-order valence-electron chi connectivity index (χ1n) is 7.69. The molecule has 0 spiro atoms. The Balaban J connectivity index is 1.77. The molecule has 0 amide bonds. The molecule has 0 aliphatic rings. The molecule has 110 valence electrons. The molecular formula is C21H14SSe. The summed E-state index contributed by atoms with van der Waals surface area (Å²) >= 11 is 2.30. The fourth-order valence-corrected chi connectivity index (χ4v) is 6.46. The first-order chi connectivity index (χ1) is 11.3. The predicted molar refractivity (Wildman–Crippen MR) is 104 cm³/mol. The van der Waals surface area contributed by atoms with Crippen LogP contribution < -0.4 is 0 Å². The van der Waals surface area contributed by atoms with Crippen molar-refractivity contribution in [2.45, 2.75) is 6.92 Å². The summed E-state index contributed by atoms with van der Waals surface area (Å²) in [4.78, 5) is 1.39. The number of benzene rings is 3. The molecule has 0 unspecified atom stereocenters. The van der Waals surface area contributed by atoms with E-state index in [2.05, 4.69) is 73.7 Å². The van der Waals surface area contributed by atoms with Crippen LogP contribution in [0.1, 0.15) is 4.88 Å². The van der Waals surface area contributed by atoms with Gasteiger partial charge in [-0.25, -0.2) is 0 Å². The van der Waals surface area contributed by atoms with Gasteiger partial charge in [-0.05, 0) is 0 Å². The van der Waals surface area contributed by atoms with E-state index in [-0.39, 0.29) is 0 Å². The van der Waals surface area contributed by atoms with Crippen LogP contribution in [0, 0.1) is 6.92 Å². The van der Waals surface area contributed by atoms with Gasteiger partial charge in [-0.1, -0.05) is 0 Å². The van der Waals surface area contributed by atoms with Gasteiger partial charge in [0.25, 0.3) is 0 Å².